The van der Waals surface area contributed by atoms with Gasteiger partial charge >= 0.3 is 0 Å². The fourth-order valence-corrected chi connectivity index (χ4v) is 3.54. The molecular weight excluding hydrogens is 323 g/mol. The monoisotopic (exact) mass is 340 g/mol. The number of carbonyl (C=O) groups excluding carboxylic acids is 1. The predicted octanol–water partition coefficient (Wildman–Crippen LogP) is 4.39. The SMILES string of the molecule is CCCn1c(=NC(=O)/C=C/c2ccccc2)sc2cccc(F)c21. The van der Waals surface area contributed by atoms with E-state index in [2.05, 4.69) is 4.99 Å². The van der Waals surface area contributed by atoms with Gasteiger partial charge in [-0.05, 0) is 30.2 Å². The van der Waals surface area contributed by atoms with Crippen LogP contribution in [0.5, 0.6) is 0 Å². The zero-order valence-electron chi connectivity index (χ0n) is 13.3. The second-order valence-electron chi connectivity index (χ2n) is 5.32. The third-order valence-corrected chi connectivity index (χ3v) is 4.57. The maximum Gasteiger partial charge on any atom is 0.272 e. The Morgan fingerprint density at radius 2 is 2.00 bits per heavy atom. The Bertz CT molecular complexity index is 954. The van der Waals surface area contributed by atoms with E-state index in [0.29, 0.717) is 16.9 Å². The summed E-state index contributed by atoms with van der Waals surface area (Å²) in [5.41, 5.74) is 1.45. The normalized spacial score (nSPS) is 12.3. The van der Waals surface area contributed by atoms with Crippen LogP contribution in [0, 0.1) is 5.82 Å². The molecule has 0 saturated carbocycles. The van der Waals surface area contributed by atoms with Gasteiger partial charge < -0.3 is 4.57 Å². The number of carbonyl (C=O) groups is 1. The summed E-state index contributed by atoms with van der Waals surface area (Å²) in [5, 5.41) is 0. The number of thiazole rings is 1. The molecule has 0 N–H and O–H groups in total. The van der Waals surface area contributed by atoms with Gasteiger partial charge in [0.05, 0.1) is 10.2 Å². The number of halogens is 1. The van der Waals surface area contributed by atoms with Gasteiger partial charge in [0.1, 0.15) is 5.82 Å². The molecule has 3 nitrogen and oxygen atoms in total. The van der Waals surface area contributed by atoms with E-state index in [1.165, 1.54) is 23.5 Å². The molecule has 0 radical (unpaired) electrons. The van der Waals surface area contributed by atoms with Crippen molar-refractivity contribution in [3.63, 3.8) is 0 Å². The second-order valence-corrected chi connectivity index (χ2v) is 6.33. The summed E-state index contributed by atoms with van der Waals surface area (Å²) < 4.78 is 16.7. The van der Waals surface area contributed by atoms with Crippen LogP contribution in [0.1, 0.15) is 18.9 Å². The Morgan fingerprint density at radius 1 is 1.21 bits per heavy atom. The van der Waals surface area contributed by atoms with E-state index in [9.17, 15) is 9.18 Å². The molecule has 3 rings (SSSR count). The molecule has 24 heavy (non-hydrogen) atoms. The third kappa shape index (κ3) is 3.51. The maximum atomic E-state index is 14.1. The Labute approximate surface area is 143 Å². The molecule has 1 amide bonds. The lowest BCUT2D eigenvalue weighted by Crippen LogP contribution is -2.16. The van der Waals surface area contributed by atoms with Crippen molar-refractivity contribution in [3.8, 4) is 0 Å². The van der Waals surface area contributed by atoms with Crippen LogP contribution in [0.25, 0.3) is 16.3 Å². The number of benzene rings is 2. The van der Waals surface area contributed by atoms with Crippen LogP contribution in [0.15, 0.2) is 59.6 Å². The highest BCUT2D eigenvalue weighted by atomic mass is 32.1. The molecule has 0 fully saturated rings. The third-order valence-electron chi connectivity index (χ3n) is 3.52. The minimum atomic E-state index is -0.351. The number of amides is 1. The van der Waals surface area contributed by atoms with Gasteiger partial charge in [0, 0.05) is 12.6 Å². The van der Waals surface area contributed by atoms with Crippen LogP contribution in [0.2, 0.25) is 0 Å². The molecule has 0 unspecified atom stereocenters. The molecule has 5 heteroatoms. The van der Waals surface area contributed by atoms with E-state index < -0.39 is 0 Å². The molecule has 0 spiro atoms. The minimum Gasteiger partial charge on any atom is -0.314 e. The quantitative estimate of drug-likeness (QED) is 0.649. The number of hydrogen-bond donors (Lipinski definition) is 0. The van der Waals surface area contributed by atoms with Gasteiger partial charge in [-0.1, -0.05) is 54.7 Å². The van der Waals surface area contributed by atoms with Crippen molar-refractivity contribution in [2.45, 2.75) is 19.9 Å². The van der Waals surface area contributed by atoms with E-state index in [-0.39, 0.29) is 11.7 Å². The number of para-hydroxylation sites is 1. The smallest absolute Gasteiger partial charge is 0.272 e. The van der Waals surface area contributed by atoms with Crippen molar-refractivity contribution in [2.24, 2.45) is 4.99 Å². The largest absolute Gasteiger partial charge is 0.314 e. The first-order valence-corrected chi connectivity index (χ1v) is 8.60. The number of hydrogen-bond acceptors (Lipinski definition) is 2. The number of aromatic nitrogens is 1. The van der Waals surface area contributed by atoms with Crippen LogP contribution < -0.4 is 4.80 Å². The zero-order chi connectivity index (χ0) is 16.9. The summed E-state index contributed by atoms with van der Waals surface area (Å²) in [7, 11) is 0. The average molecular weight is 340 g/mol. The van der Waals surface area contributed by atoms with Crippen LogP contribution in [0.3, 0.4) is 0 Å². The molecule has 0 aliphatic rings. The first-order valence-electron chi connectivity index (χ1n) is 7.78. The van der Waals surface area contributed by atoms with E-state index in [0.717, 1.165) is 16.7 Å². The minimum absolute atomic E-state index is 0.286. The van der Waals surface area contributed by atoms with E-state index >= 15 is 0 Å². The van der Waals surface area contributed by atoms with Gasteiger partial charge in [-0.2, -0.15) is 4.99 Å². The highest BCUT2D eigenvalue weighted by Gasteiger charge is 2.10. The molecule has 122 valence electrons. The Kier molecular flexibility index (Phi) is 5.01. The molecule has 2 aromatic carbocycles. The lowest BCUT2D eigenvalue weighted by atomic mass is 10.2. The van der Waals surface area contributed by atoms with Gasteiger partial charge in [0.25, 0.3) is 5.91 Å². The highest BCUT2D eigenvalue weighted by Crippen LogP contribution is 2.20. The van der Waals surface area contributed by atoms with Gasteiger partial charge in [-0.3, -0.25) is 4.79 Å². The summed E-state index contributed by atoms with van der Waals surface area (Å²) in [6.07, 6.45) is 4.00. The number of aryl methyl sites for hydroxylation is 1. The molecule has 0 bridgehead atoms. The molecule has 1 heterocycles. The van der Waals surface area contributed by atoms with Crippen LogP contribution >= 0.6 is 11.3 Å². The van der Waals surface area contributed by atoms with Gasteiger partial charge in [0.2, 0.25) is 0 Å². The molecule has 1 aromatic heterocycles. The first-order chi connectivity index (χ1) is 11.7. The van der Waals surface area contributed by atoms with Gasteiger partial charge in [-0.25, -0.2) is 4.39 Å². The Morgan fingerprint density at radius 3 is 2.75 bits per heavy atom. The van der Waals surface area contributed by atoms with Crippen molar-refractivity contribution in [1.29, 1.82) is 0 Å². The molecule has 0 aliphatic heterocycles. The van der Waals surface area contributed by atoms with Crippen molar-refractivity contribution in [3.05, 3.63) is 70.8 Å². The first kappa shape index (κ1) is 16.3. The summed E-state index contributed by atoms with van der Waals surface area (Å²) in [6, 6.07) is 14.5. The summed E-state index contributed by atoms with van der Waals surface area (Å²) in [4.78, 5) is 16.8. The maximum absolute atomic E-state index is 14.1. The highest BCUT2D eigenvalue weighted by molar-refractivity contribution is 7.16. The molecule has 0 aliphatic carbocycles. The molecular formula is C19H17FN2OS. The van der Waals surface area contributed by atoms with Crippen molar-refractivity contribution in [1.82, 2.24) is 4.57 Å². The summed E-state index contributed by atoms with van der Waals surface area (Å²) in [6.45, 7) is 2.63. The standard InChI is InChI=1S/C19H17FN2OS/c1-2-13-22-18-15(20)9-6-10-16(18)24-19(22)21-17(23)12-11-14-7-4-3-5-8-14/h3-12H,2,13H2,1H3/b12-11+,21-19?. The van der Waals surface area contributed by atoms with Gasteiger partial charge in [0.15, 0.2) is 4.80 Å². The lowest BCUT2D eigenvalue weighted by Gasteiger charge is -2.02. The topological polar surface area (TPSA) is 34.4 Å². The number of nitrogens with zero attached hydrogens (tertiary/aromatic N) is 2. The predicted molar refractivity (Wildman–Crippen MR) is 96.1 cm³/mol. The van der Waals surface area contributed by atoms with Crippen LogP contribution in [-0.4, -0.2) is 10.5 Å². The second kappa shape index (κ2) is 7.36. The average Bonchev–Trinajstić information content (AvgIpc) is 2.93. The van der Waals surface area contributed by atoms with Crippen molar-refractivity contribution in [2.75, 3.05) is 0 Å². The fraction of sp³-hybridized carbons (Fsp3) is 0.158. The summed E-state index contributed by atoms with van der Waals surface area (Å²) >= 11 is 1.33. The van der Waals surface area contributed by atoms with E-state index in [1.807, 2.05) is 43.3 Å². The number of rotatable bonds is 4. The fourth-order valence-electron chi connectivity index (χ4n) is 2.47. The number of fused-ring (bicyclic) bond motifs is 1. The molecule has 0 saturated heterocycles. The van der Waals surface area contributed by atoms with Crippen molar-refractivity contribution >= 4 is 33.5 Å². The Balaban J connectivity index is 2.00. The van der Waals surface area contributed by atoms with Crippen molar-refractivity contribution < 1.29 is 9.18 Å². The van der Waals surface area contributed by atoms with Crippen LogP contribution in [-0.2, 0) is 11.3 Å². The summed E-state index contributed by atoms with van der Waals surface area (Å²) in [5.74, 6) is -0.637. The molecule has 3 aromatic rings. The van der Waals surface area contributed by atoms with E-state index in [1.54, 1.807) is 16.7 Å². The zero-order valence-corrected chi connectivity index (χ0v) is 14.1. The lowest BCUT2D eigenvalue weighted by molar-refractivity contribution is -0.113. The molecule has 0 atom stereocenters. The Hall–Kier alpha value is -2.53. The van der Waals surface area contributed by atoms with Crippen LogP contribution in [0.4, 0.5) is 4.39 Å². The van der Waals surface area contributed by atoms with E-state index in [4.69, 9.17) is 0 Å². The van der Waals surface area contributed by atoms with Gasteiger partial charge in [-0.15, -0.1) is 0 Å².